The summed E-state index contributed by atoms with van der Waals surface area (Å²) in [6.45, 7) is 0.335. The minimum absolute atomic E-state index is 0.179. The van der Waals surface area contributed by atoms with Gasteiger partial charge in [0.1, 0.15) is 5.69 Å². The standard InChI is InChI=1S/C18H17N5O2/c24-17-10-9-14(20-21-17)18(25)19-11-15-13-7-4-8-16(13)23(22-15)12-5-2-1-3-6-12/h1-3,5-6,9-10H,4,7-8,11H2,(H,19,25)(H,21,24). The zero-order chi connectivity index (χ0) is 17.2. The van der Waals surface area contributed by atoms with Crippen molar-refractivity contribution in [2.45, 2.75) is 25.8 Å². The van der Waals surface area contributed by atoms with Crippen LogP contribution < -0.4 is 10.9 Å². The number of hydrogen-bond donors (Lipinski definition) is 2. The first-order valence-corrected chi connectivity index (χ1v) is 8.21. The van der Waals surface area contributed by atoms with E-state index in [0.717, 1.165) is 30.6 Å². The smallest absolute Gasteiger partial charge is 0.272 e. The predicted octanol–water partition coefficient (Wildman–Crippen LogP) is 1.37. The number of amides is 1. The van der Waals surface area contributed by atoms with Crippen LogP contribution in [0.5, 0.6) is 0 Å². The Bertz CT molecular complexity index is 954. The van der Waals surface area contributed by atoms with Crippen LogP contribution in [0.1, 0.15) is 33.9 Å². The van der Waals surface area contributed by atoms with E-state index in [2.05, 4.69) is 15.5 Å². The number of fused-ring (bicyclic) bond motifs is 1. The number of aromatic nitrogens is 4. The van der Waals surface area contributed by atoms with Crippen LogP contribution >= 0.6 is 0 Å². The lowest BCUT2D eigenvalue weighted by atomic mass is 10.2. The van der Waals surface area contributed by atoms with E-state index in [0.29, 0.717) is 6.54 Å². The number of aromatic amines is 1. The topological polar surface area (TPSA) is 92.7 Å². The summed E-state index contributed by atoms with van der Waals surface area (Å²) >= 11 is 0. The lowest BCUT2D eigenvalue weighted by Crippen LogP contribution is -2.26. The van der Waals surface area contributed by atoms with Crippen molar-refractivity contribution in [1.29, 1.82) is 0 Å². The van der Waals surface area contributed by atoms with Crippen molar-refractivity contribution < 1.29 is 4.79 Å². The molecule has 0 saturated carbocycles. The minimum Gasteiger partial charge on any atom is -0.345 e. The van der Waals surface area contributed by atoms with Crippen molar-refractivity contribution in [2.24, 2.45) is 0 Å². The van der Waals surface area contributed by atoms with Crippen molar-refractivity contribution in [3.05, 3.63) is 75.5 Å². The molecular formula is C18H17N5O2. The molecule has 1 aliphatic rings. The first kappa shape index (κ1) is 15.3. The first-order valence-electron chi connectivity index (χ1n) is 8.21. The van der Waals surface area contributed by atoms with E-state index in [4.69, 9.17) is 5.10 Å². The molecule has 1 aromatic carbocycles. The summed E-state index contributed by atoms with van der Waals surface area (Å²) in [6.07, 6.45) is 3.07. The second-order valence-electron chi connectivity index (χ2n) is 5.96. The van der Waals surface area contributed by atoms with Crippen molar-refractivity contribution >= 4 is 5.91 Å². The summed E-state index contributed by atoms with van der Waals surface area (Å²) in [4.78, 5) is 23.2. The Hall–Kier alpha value is -3.22. The van der Waals surface area contributed by atoms with E-state index in [-0.39, 0.29) is 17.2 Å². The number of carbonyl (C=O) groups excluding carboxylic acids is 1. The summed E-state index contributed by atoms with van der Waals surface area (Å²) in [5.74, 6) is -0.336. The summed E-state index contributed by atoms with van der Waals surface area (Å²) in [5, 5.41) is 13.5. The molecule has 3 aromatic rings. The molecule has 0 bridgehead atoms. The molecular weight excluding hydrogens is 318 g/mol. The maximum absolute atomic E-state index is 12.2. The summed E-state index contributed by atoms with van der Waals surface area (Å²) in [7, 11) is 0. The van der Waals surface area contributed by atoms with Gasteiger partial charge in [-0.1, -0.05) is 18.2 Å². The molecule has 1 amide bonds. The van der Waals surface area contributed by atoms with E-state index in [9.17, 15) is 9.59 Å². The highest BCUT2D eigenvalue weighted by molar-refractivity contribution is 5.91. The second-order valence-corrected chi connectivity index (χ2v) is 5.96. The molecule has 126 valence electrons. The van der Waals surface area contributed by atoms with Gasteiger partial charge in [-0.2, -0.15) is 10.2 Å². The Morgan fingerprint density at radius 2 is 2.00 bits per heavy atom. The number of benzene rings is 1. The largest absolute Gasteiger partial charge is 0.345 e. The predicted molar refractivity (Wildman–Crippen MR) is 91.6 cm³/mol. The highest BCUT2D eigenvalue weighted by atomic mass is 16.2. The number of carbonyl (C=O) groups is 1. The van der Waals surface area contributed by atoms with E-state index >= 15 is 0 Å². The van der Waals surface area contributed by atoms with Gasteiger partial charge in [-0.15, -0.1) is 0 Å². The van der Waals surface area contributed by atoms with Gasteiger partial charge in [-0.05, 0) is 43.0 Å². The third-order valence-electron chi connectivity index (χ3n) is 4.34. The van der Waals surface area contributed by atoms with E-state index in [1.807, 2.05) is 35.0 Å². The average Bonchev–Trinajstić information content (AvgIpc) is 3.24. The molecule has 1 aliphatic carbocycles. The van der Waals surface area contributed by atoms with Gasteiger partial charge in [0.05, 0.1) is 17.9 Å². The Labute approximate surface area is 143 Å². The lowest BCUT2D eigenvalue weighted by Gasteiger charge is -2.05. The highest BCUT2D eigenvalue weighted by Gasteiger charge is 2.23. The van der Waals surface area contributed by atoms with Gasteiger partial charge in [-0.3, -0.25) is 9.59 Å². The first-order chi connectivity index (χ1) is 12.2. The van der Waals surface area contributed by atoms with Crippen LogP contribution in [-0.4, -0.2) is 25.9 Å². The molecule has 2 heterocycles. The zero-order valence-corrected chi connectivity index (χ0v) is 13.5. The van der Waals surface area contributed by atoms with E-state index in [1.54, 1.807) is 0 Å². The minimum atomic E-state index is -0.337. The molecule has 4 rings (SSSR count). The Morgan fingerprint density at radius 3 is 2.76 bits per heavy atom. The van der Waals surface area contributed by atoms with Gasteiger partial charge >= 0.3 is 0 Å². The Kier molecular flexibility index (Phi) is 3.89. The number of H-pyrrole nitrogens is 1. The van der Waals surface area contributed by atoms with Crippen LogP contribution in [0.15, 0.2) is 47.3 Å². The number of para-hydroxylation sites is 1. The highest BCUT2D eigenvalue weighted by Crippen LogP contribution is 2.27. The molecule has 7 heteroatoms. The fourth-order valence-corrected chi connectivity index (χ4v) is 3.16. The maximum atomic E-state index is 12.2. The summed E-state index contributed by atoms with van der Waals surface area (Å²) in [5.41, 5.74) is 4.19. The van der Waals surface area contributed by atoms with E-state index in [1.165, 1.54) is 23.4 Å². The molecule has 25 heavy (non-hydrogen) atoms. The zero-order valence-electron chi connectivity index (χ0n) is 13.5. The van der Waals surface area contributed by atoms with Gasteiger partial charge in [0, 0.05) is 11.8 Å². The second kappa shape index (κ2) is 6.35. The molecule has 0 spiro atoms. The van der Waals surface area contributed by atoms with Gasteiger partial charge in [0.15, 0.2) is 0 Å². The van der Waals surface area contributed by atoms with Crippen molar-refractivity contribution in [2.75, 3.05) is 0 Å². The van der Waals surface area contributed by atoms with Gasteiger partial charge in [0.25, 0.3) is 11.5 Å². The van der Waals surface area contributed by atoms with Crippen LogP contribution in [0.3, 0.4) is 0 Å². The fraction of sp³-hybridized carbons (Fsp3) is 0.222. The van der Waals surface area contributed by atoms with Gasteiger partial charge in [0.2, 0.25) is 0 Å². The third-order valence-corrected chi connectivity index (χ3v) is 4.34. The van der Waals surface area contributed by atoms with Crippen molar-refractivity contribution in [3.8, 4) is 5.69 Å². The SMILES string of the molecule is O=C(NCc1nn(-c2ccccc2)c2c1CCC2)c1ccc(=O)[nH]n1. The molecule has 2 aromatic heterocycles. The fourth-order valence-electron chi connectivity index (χ4n) is 3.16. The quantitative estimate of drug-likeness (QED) is 0.753. The molecule has 0 atom stereocenters. The van der Waals surface area contributed by atoms with E-state index < -0.39 is 0 Å². The molecule has 2 N–H and O–H groups in total. The maximum Gasteiger partial charge on any atom is 0.272 e. The lowest BCUT2D eigenvalue weighted by molar-refractivity contribution is 0.0944. The number of rotatable bonds is 4. The van der Waals surface area contributed by atoms with Gasteiger partial charge < -0.3 is 5.32 Å². The molecule has 0 aliphatic heterocycles. The Morgan fingerprint density at radius 1 is 1.16 bits per heavy atom. The molecule has 0 unspecified atom stereocenters. The number of nitrogens with one attached hydrogen (secondary N) is 2. The third kappa shape index (κ3) is 2.96. The molecule has 0 radical (unpaired) electrons. The monoisotopic (exact) mass is 335 g/mol. The van der Waals surface area contributed by atoms with Crippen LogP contribution in [0, 0.1) is 0 Å². The summed E-state index contributed by atoms with van der Waals surface area (Å²) < 4.78 is 1.97. The summed E-state index contributed by atoms with van der Waals surface area (Å²) in [6, 6.07) is 12.7. The van der Waals surface area contributed by atoms with Crippen LogP contribution in [0.25, 0.3) is 5.69 Å². The number of nitrogens with zero attached hydrogens (tertiary/aromatic N) is 3. The molecule has 0 fully saturated rings. The Balaban J connectivity index is 1.56. The van der Waals surface area contributed by atoms with Gasteiger partial charge in [-0.25, -0.2) is 9.78 Å². The van der Waals surface area contributed by atoms with Crippen LogP contribution in [-0.2, 0) is 19.4 Å². The molecule has 0 saturated heterocycles. The number of hydrogen-bond acceptors (Lipinski definition) is 4. The van der Waals surface area contributed by atoms with Crippen LogP contribution in [0.4, 0.5) is 0 Å². The average molecular weight is 335 g/mol. The van der Waals surface area contributed by atoms with Crippen molar-refractivity contribution in [3.63, 3.8) is 0 Å². The van der Waals surface area contributed by atoms with Crippen LogP contribution in [0.2, 0.25) is 0 Å². The molecule has 7 nitrogen and oxygen atoms in total. The normalized spacial score (nSPS) is 12.8. The van der Waals surface area contributed by atoms with Crippen molar-refractivity contribution in [1.82, 2.24) is 25.3 Å².